The van der Waals surface area contributed by atoms with Crippen LogP contribution in [0.15, 0.2) is 24.3 Å². The molecule has 0 fully saturated rings. The summed E-state index contributed by atoms with van der Waals surface area (Å²) in [4.78, 5) is 12.1. The summed E-state index contributed by atoms with van der Waals surface area (Å²) in [5.74, 6) is -0.388. The molecule has 0 radical (unpaired) electrons. The molecule has 1 aromatic carbocycles. The van der Waals surface area contributed by atoms with Crippen molar-refractivity contribution in [3.8, 4) is 0 Å². The lowest BCUT2D eigenvalue weighted by atomic mass is 10.0. The molecule has 0 saturated carbocycles. The number of carbonyl (C=O) groups is 1. The fraction of sp³-hybridized carbons (Fsp3) is 0.500. The Hall–Kier alpha value is -1.42. The van der Waals surface area contributed by atoms with Gasteiger partial charge in [0, 0.05) is 0 Å². The van der Waals surface area contributed by atoms with Gasteiger partial charge >= 0.3 is 0 Å². The van der Waals surface area contributed by atoms with Crippen LogP contribution in [0.25, 0.3) is 0 Å². The zero-order valence-corrected chi connectivity index (χ0v) is 11.4. The third kappa shape index (κ3) is 3.81. The molecule has 18 heavy (non-hydrogen) atoms. The minimum atomic E-state index is -0.629. The Labute approximate surface area is 108 Å². The third-order valence-electron chi connectivity index (χ3n) is 2.88. The summed E-state index contributed by atoms with van der Waals surface area (Å²) in [5, 5.41) is 5.98. The number of hydrogen-bond acceptors (Lipinski definition) is 2. The Morgan fingerprint density at radius 3 is 2.67 bits per heavy atom. The summed E-state index contributed by atoms with van der Waals surface area (Å²) in [7, 11) is 0. The number of likely N-dealkylation sites (N-methyl/N-ethyl adjacent to an activating group) is 1. The normalized spacial score (nSPS) is 13.2. The summed E-state index contributed by atoms with van der Waals surface area (Å²) < 4.78 is 13.1. The highest BCUT2D eigenvalue weighted by Crippen LogP contribution is 2.14. The van der Waals surface area contributed by atoms with E-state index in [9.17, 15) is 9.18 Å². The number of halogens is 1. The van der Waals surface area contributed by atoms with Crippen molar-refractivity contribution in [1.29, 1.82) is 0 Å². The van der Waals surface area contributed by atoms with Crippen molar-refractivity contribution in [2.45, 2.75) is 39.3 Å². The fourth-order valence-electron chi connectivity index (χ4n) is 1.76. The van der Waals surface area contributed by atoms with Crippen LogP contribution < -0.4 is 10.6 Å². The van der Waals surface area contributed by atoms with Crippen molar-refractivity contribution in [3.63, 3.8) is 0 Å². The maximum atomic E-state index is 13.1. The highest BCUT2D eigenvalue weighted by molar-refractivity contribution is 5.85. The van der Waals surface area contributed by atoms with Crippen LogP contribution in [0.1, 0.15) is 39.3 Å². The van der Waals surface area contributed by atoms with Crippen molar-refractivity contribution < 1.29 is 9.18 Å². The van der Waals surface area contributed by atoms with Crippen LogP contribution in [0.4, 0.5) is 4.39 Å². The second kappa shape index (κ2) is 5.96. The Bertz CT molecular complexity index is 418. The Morgan fingerprint density at radius 1 is 1.44 bits per heavy atom. The van der Waals surface area contributed by atoms with E-state index in [2.05, 4.69) is 10.6 Å². The summed E-state index contributed by atoms with van der Waals surface area (Å²) in [5.41, 5.74) is 0.131. The molecule has 0 spiro atoms. The van der Waals surface area contributed by atoms with Gasteiger partial charge in [-0.05, 0) is 45.0 Å². The monoisotopic (exact) mass is 252 g/mol. The predicted molar refractivity (Wildman–Crippen MR) is 70.7 cm³/mol. The minimum absolute atomic E-state index is 0.0962. The van der Waals surface area contributed by atoms with E-state index < -0.39 is 5.54 Å². The van der Waals surface area contributed by atoms with E-state index in [1.54, 1.807) is 12.1 Å². The lowest BCUT2D eigenvalue weighted by Gasteiger charge is -2.26. The lowest BCUT2D eigenvalue weighted by molar-refractivity contribution is -0.127. The molecule has 1 amide bonds. The topological polar surface area (TPSA) is 41.1 Å². The SMILES string of the molecule is CCNC(C)(C)C(=O)N[C@@H](C)c1cccc(F)c1. The van der Waals surface area contributed by atoms with E-state index >= 15 is 0 Å². The molecule has 2 N–H and O–H groups in total. The van der Waals surface area contributed by atoms with Crippen LogP contribution in [0, 0.1) is 5.82 Å². The molecule has 1 aromatic rings. The van der Waals surface area contributed by atoms with Gasteiger partial charge in [-0.1, -0.05) is 19.1 Å². The molecule has 0 aliphatic heterocycles. The summed E-state index contributed by atoms with van der Waals surface area (Å²) in [6.07, 6.45) is 0. The molecule has 0 aromatic heterocycles. The first-order chi connectivity index (χ1) is 8.36. The molecule has 4 heteroatoms. The van der Waals surface area contributed by atoms with Crippen molar-refractivity contribution in [2.75, 3.05) is 6.54 Å². The van der Waals surface area contributed by atoms with Gasteiger partial charge < -0.3 is 10.6 Å². The second-order valence-electron chi connectivity index (χ2n) is 4.91. The molecular weight excluding hydrogens is 231 g/mol. The van der Waals surface area contributed by atoms with Gasteiger partial charge in [0.15, 0.2) is 0 Å². The molecule has 3 nitrogen and oxygen atoms in total. The van der Waals surface area contributed by atoms with Gasteiger partial charge in [0.2, 0.25) is 5.91 Å². The standard InChI is InChI=1S/C14H21FN2O/c1-5-16-14(3,4)13(18)17-10(2)11-7-6-8-12(15)9-11/h6-10,16H,5H2,1-4H3,(H,17,18)/t10-/m0/s1. The van der Waals surface area contributed by atoms with E-state index in [0.29, 0.717) is 0 Å². The average Bonchev–Trinajstić information content (AvgIpc) is 2.28. The average molecular weight is 252 g/mol. The van der Waals surface area contributed by atoms with Crippen molar-refractivity contribution in [2.24, 2.45) is 0 Å². The zero-order valence-electron chi connectivity index (χ0n) is 11.4. The molecular formula is C14H21FN2O. The Balaban J connectivity index is 2.70. The molecule has 1 rings (SSSR count). The maximum absolute atomic E-state index is 13.1. The molecule has 1 atom stereocenters. The third-order valence-corrected chi connectivity index (χ3v) is 2.88. The Morgan fingerprint density at radius 2 is 2.11 bits per heavy atom. The van der Waals surface area contributed by atoms with Crippen molar-refractivity contribution in [3.05, 3.63) is 35.6 Å². The number of rotatable bonds is 5. The first-order valence-corrected chi connectivity index (χ1v) is 6.18. The Kier molecular flexibility index (Phi) is 4.84. The van der Waals surface area contributed by atoms with Crippen molar-refractivity contribution in [1.82, 2.24) is 10.6 Å². The number of benzene rings is 1. The second-order valence-corrected chi connectivity index (χ2v) is 4.91. The lowest BCUT2D eigenvalue weighted by Crippen LogP contribution is -2.52. The van der Waals surface area contributed by atoms with E-state index in [0.717, 1.165) is 12.1 Å². The molecule has 0 bridgehead atoms. The van der Waals surface area contributed by atoms with E-state index in [1.807, 2.05) is 27.7 Å². The maximum Gasteiger partial charge on any atom is 0.240 e. The largest absolute Gasteiger partial charge is 0.348 e. The molecule has 0 aliphatic rings. The van der Waals surface area contributed by atoms with Crippen molar-refractivity contribution >= 4 is 5.91 Å². The van der Waals surface area contributed by atoms with Crippen LogP contribution in [-0.2, 0) is 4.79 Å². The van der Waals surface area contributed by atoms with E-state index in [1.165, 1.54) is 12.1 Å². The van der Waals surface area contributed by atoms with Gasteiger partial charge in [0.05, 0.1) is 11.6 Å². The van der Waals surface area contributed by atoms with Crippen LogP contribution in [0.3, 0.4) is 0 Å². The smallest absolute Gasteiger partial charge is 0.240 e. The molecule has 0 aliphatic carbocycles. The summed E-state index contributed by atoms with van der Waals surface area (Å²) in [6.45, 7) is 8.16. The molecule has 0 unspecified atom stereocenters. The van der Waals surface area contributed by atoms with Gasteiger partial charge in [-0.3, -0.25) is 4.79 Å². The highest BCUT2D eigenvalue weighted by Gasteiger charge is 2.27. The predicted octanol–water partition coefficient (Wildman–Crippen LogP) is 2.39. The minimum Gasteiger partial charge on any atom is -0.348 e. The fourth-order valence-corrected chi connectivity index (χ4v) is 1.76. The van der Waals surface area contributed by atoms with Crippen LogP contribution >= 0.6 is 0 Å². The quantitative estimate of drug-likeness (QED) is 0.845. The first-order valence-electron chi connectivity index (χ1n) is 6.18. The summed E-state index contributed by atoms with van der Waals surface area (Å²) >= 11 is 0. The number of nitrogens with one attached hydrogen (secondary N) is 2. The number of hydrogen-bond donors (Lipinski definition) is 2. The number of amides is 1. The van der Waals surface area contributed by atoms with Crippen LogP contribution in [0.2, 0.25) is 0 Å². The van der Waals surface area contributed by atoms with Gasteiger partial charge in [-0.15, -0.1) is 0 Å². The van der Waals surface area contributed by atoms with E-state index in [4.69, 9.17) is 0 Å². The summed E-state index contributed by atoms with van der Waals surface area (Å²) in [6, 6.07) is 6.05. The molecule has 100 valence electrons. The van der Waals surface area contributed by atoms with E-state index in [-0.39, 0.29) is 17.8 Å². The van der Waals surface area contributed by atoms with Gasteiger partial charge in [-0.25, -0.2) is 4.39 Å². The van der Waals surface area contributed by atoms with Crippen LogP contribution in [0.5, 0.6) is 0 Å². The van der Waals surface area contributed by atoms with Gasteiger partial charge in [0.1, 0.15) is 5.82 Å². The van der Waals surface area contributed by atoms with Gasteiger partial charge in [0.25, 0.3) is 0 Å². The molecule has 0 saturated heterocycles. The number of carbonyl (C=O) groups excluding carboxylic acids is 1. The van der Waals surface area contributed by atoms with Crippen LogP contribution in [-0.4, -0.2) is 18.0 Å². The first kappa shape index (κ1) is 14.6. The molecule has 0 heterocycles. The highest BCUT2D eigenvalue weighted by atomic mass is 19.1. The van der Waals surface area contributed by atoms with Gasteiger partial charge in [-0.2, -0.15) is 0 Å². The zero-order chi connectivity index (χ0) is 13.8.